The van der Waals surface area contributed by atoms with Crippen LogP contribution in [0.15, 0.2) is 12.7 Å². The summed E-state index contributed by atoms with van der Waals surface area (Å²) >= 11 is 0. The van der Waals surface area contributed by atoms with Gasteiger partial charge in [-0.2, -0.15) is 0 Å². The predicted molar refractivity (Wildman–Crippen MR) is 64.4 cm³/mol. The smallest absolute Gasteiger partial charge is 0.0254 e. The van der Waals surface area contributed by atoms with Crippen molar-refractivity contribution in [2.24, 2.45) is 5.73 Å². The minimum Gasteiger partial charge on any atom is -0.324 e. The van der Waals surface area contributed by atoms with Gasteiger partial charge in [-0.15, -0.1) is 6.58 Å². The van der Waals surface area contributed by atoms with E-state index in [0.29, 0.717) is 0 Å². The number of nitrogens with zero attached hydrogens (tertiary/aromatic N) is 1. The fraction of sp³-hybridized carbons (Fsp3) is 0.833. The Balaban J connectivity index is 4.04. The lowest BCUT2D eigenvalue weighted by Crippen LogP contribution is -2.48. The molecule has 2 nitrogen and oxygen atoms in total. The maximum atomic E-state index is 6.21. The van der Waals surface area contributed by atoms with E-state index < -0.39 is 0 Å². The van der Waals surface area contributed by atoms with Crippen LogP contribution in [0, 0.1) is 0 Å². The van der Waals surface area contributed by atoms with E-state index in [2.05, 4.69) is 32.3 Å². The molecule has 14 heavy (non-hydrogen) atoms. The molecule has 0 rings (SSSR count). The van der Waals surface area contributed by atoms with E-state index in [-0.39, 0.29) is 5.54 Å². The Labute approximate surface area is 89.2 Å². The van der Waals surface area contributed by atoms with Crippen LogP contribution in [0.25, 0.3) is 0 Å². The molecule has 0 aromatic rings. The minimum atomic E-state index is -0.0487. The van der Waals surface area contributed by atoms with E-state index in [9.17, 15) is 0 Å². The molecule has 0 aliphatic heterocycles. The van der Waals surface area contributed by atoms with Crippen LogP contribution in [0.4, 0.5) is 0 Å². The SMILES string of the molecule is C=CCN(CCC)CC(C)(N)CCC. The summed E-state index contributed by atoms with van der Waals surface area (Å²) in [5.74, 6) is 0. The van der Waals surface area contributed by atoms with Crippen LogP contribution in [0.2, 0.25) is 0 Å². The third kappa shape index (κ3) is 6.17. The molecule has 0 radical (unpaired) electrons. The van der Waals surface area contributed by atoms with Crippen LogP contribution in [0.5, 0.6) is 0 Å². The van der Waals surface area contributed by atoms with Crippen LogP contribution in [-0.2, 0) is 0 Å². The van der Waals surface area contributed by atoms with Crippen molar-refractivity contribution in [1.82, 2.24) is 4.90 Å². The summed E-state index contributed by atoms with van der Waals surface area (Å²) in [6.07, 6.45) is 5.37. The fourth-order valence-corrected chi connectivity index (χ4v) is 1.89. The van der Waals surface area contributed by atoms with Crippen molar-refractivity contribution >= 4 is 0 Å². The third-order valence-corrected chi connectivity index (χ3v) is 2.33. The van der Waals surface area contributed by atoms with Crippen molar-refractivity contribution in [2.75, 3.05) is 19.6 Å². The molecule has 0 aromatic carbocycles. The van der Waals surface area contributed by atoms with E-state index in [1.54, 1.807) is 0 Å². The molecule has 1 atom stereocenters. The van der Waals surface area contributed by atoms with Crippen molar-refractivity contribution in [1.29, 1.82) is 0 Å². The molecule has 0 saturated carbocycles. The maximum Gasteiger partial charge on any atom is 0.0254 e. The minimum absolute atomic E-state index is 0.0487. The molecule has 0 aliphatic carbocycles. The van der Waals surface area contributed by atoms with Gasteiger partial charge in [0.25, 0.3) is 0 Å². The summed E-state index contributed by atoms with van der Waals surface area (Å²) in [6, 6.07) is 0. The first-order valence-electron chi connectivity index (χ1n) is 5.68. The van der Waals surface area contributed by atoms with Gasteiger partial charge in [0, 0.05) is 18.6 Å². The highest BCUT2D eigenvalue weighted by atomic mass is 15.1. The van der Waals surface area contributed by atoms with E-state index in [0.717, 1.165) is 32.5 Å². The third-order valence-electron chi connectivity index (χ3n) is 2.33. The molecule has 0 aliphatic rings. The lowest BCUT2D eigenvalue weighted by Gasteiger charge is -2.31. The van der Waals surface area contributed by atoms with E-state index in [4.69, 9.17) is 5.73 Å². The van der Waals surface area contributed by atoms with Crippen molar-refractivity contribution in [3.8, 4) is 0 Å². The average Bonchev–Trinajstić information content (AvgIpc) is 2.03. The van der Waals surface area contributed by atoms with Gasteiger partial charge in [-0.05, 0) is 26.3 Å². The normalized spacial score (nSPS) is 15.5. The second-order valence-corrected chi connectivity index (χ2v) is 4.43. The highest BCUT2D eigenvalue weighted by Gasteiger charge is 2.20. The van der Waals surface area contributed by atoms with Crippen LogP contribution >= 0.6 is 0 Å². The second kappa shape index (κ2) is 7.02. The molecule has 0 saturated heterocycles. The average molecular weight is 198 g/mol. The lowest BCUT2D eigenvalue weighted by molar-refractivity contribution is 0.227. The van der Waals surface area contributed by atoms with Crippen LogP contribution in [-0.4, -0.2) is 30.1 Å². The number of hydrogen-bond acceptors (Lipinski definition) is 2. The van der Waals surface area contributed by atoms with Crippen molar-refractivity contribution in [3.05, 3.63) is 12.7 Å². The zero-order chi connectivity index (χ0) is 11.0. The first-order valence-corrected chi connectivity index (χ1v) is 5.68. The molecule has 2 heteroatoms. The highest BCUT2D eigenvalue weighted by molar-refractivity contribution is 4.84. The molecule has 0 spiro atoms. The Hall–Kier alpha value is -0.340. The van der Waals surface area contributed by atoms with E-state index >= 15 is 0 Å². The van der Waals surface area contributed by atoms with Crippen molar-refractivity contribution in [3.63, 3.8) is 0 Å². The Kier molecular flexibility index (Phi) is 6.85. The first-order chi connectivity index (χ1) is 6.55. The van der Waals surface area contributed by atoms with Crippen LogP contribution in [0.1, 0.15) is 40.0 Å². The van der Waals surface area contributed by atoms with Crippen LogP contribution in [0.3, 0.4) is 0 Å². The highest BCUT2D eigenvalue weighted by Crippen LogP contribution is 2.11. The molecule has 0 fully saturated rings. The van der Waals surface area contributed by atoms with Gasteiger partial charge >= 0.3 is 0 Å². The molecule has 2 N–H and O–H groups in total. The van der Waals surface area contributed by atoms with Gasteiger partial charge < -0.3 is 5.73 Å². The molecule has 0 bridgehead atoms. The Bertz CT molecular complexity index is 152. The van der Waals surface area contributed by atoms with Gasteiger partial charge in [0.05, 0.1) is 0 Å². The van der Waals surface area contributed by atoms with Crippen molar-refractivity contribution < 1.29 is 0 Å². The first kappa shape index (κ1) is 13.7. The Morgan fingerprint density at radius 1 is 1.36 bits per heavy atom. The summed E-state index contributed by atoms with van der Waals surface area (Å²) in [5.41, 5.74) is 6.16. The topological polar surface area (TPSA) is 29.3 Å². The predicted octanol–water partition coefficient (Wildman–Crippen LogP) is 2.40. The van der Waals surface area contributed by atoms with E-state index in [1.165, 1.54) is 6.42 Å². The largest absolute Gasteiger partial charge is 0.324 e. The molecule has 0 heterocycles. The number of rotatable bonds is 8. The number of hydrogen-bond donors (Lipinski definition) is 1. The zero-order valence-corrected chi connectivity index (χ0v) is 10.1. The summed E-state index contributed by atoms with van der Waals surface area (Å²) < 4.78 is 0. The molecule has 0 aromatic heterocycles. The quantitative estimate of drug-likeness (QED) is 0.607. The fourth-order valence-electron chi connectivity index (χ4n) is 1.89. The Morgan fingerprint density at radius 2 is 2.00 bits per heavy atom. The van der Waals surface area contributed by atoms with E-state index in [1.807, 2.05) is 6.08 Å². The monoisotopic (exact) mass is 198 g/mol. The summed E-state index contributed by atoms with van der Waals surface area (Å²) in [6.45, 7) is 13.3. The lowest BCUT2D eigenvalue weighted by atomic mass is 9.97. The van der Waals surface area contributed by atoms with Crippen molar-refractivity contribution in [2.45, 2.75) is 45.6 Å². The summed E-state index contributed by atoms with van der Waals surface area (Å²) in [5, 5.41) is 0. The summed E-state index contributed by atoms with van der Waals surface area (Å²) in [7, 11) is 0. The van der Waals surface area contributed by atoms with Gasteiger partial charge in [0.2, 0.25) is 0 Å². The number of nitrogens with two attached hydrogens (primary N) is 1. The van der Waals surface area contributed by atoms with Gasteiger partial charge in [-0.3, -0.25) is 4.90 Å². The standard InChI is InChI=1S/C12H26N2/c1-5-8-12(4,13)11-14(9-6-2)10-7-3/h6H,2,5,7-11,13H2,1,3-4H3. The van der Waals surface area contributed by atoms with Crippen LogP contribution < -0.4 is 5.73 Å². The molecule has 1 unspecified atom stereocenters. The molecule has 0 amide bonds. The Morgan fingerprint density at radius 3 is 2.43 bits per heavy atom. The van der Waals surface area contributed by atoms with Gasteiger partial charge in [0.1, 0.15) is 0 Å². The zero-order valence-electron chi connectivity index (χ0n) is 10.1. The molecular weight excluding hydrogens is 172 g/mol. The maximum absolute atomic E-state index is 6.21. The van der Waals surface area contributed by atoms with Gasteiger partial charge in [0.15, 0.2) is 0 Å². The van der Waals surface area contributed by atoms with Gasteiger partial charge in [-0.1, -0.05) is 26.3 Å². The molecular formula is C12H26N2. The summed E-state index contributed by atoms with van der Waals surface area (Å²) in [4.78, 5) is 2.38. The molecule has 84 valence electrons. The van der Waals surface area contributed by atoms with Gasteiger partial charge in [-0.25, -0.2) is 0 Å². The second-order valence-electron chi connectivity index (χ2n) is 4.43.